The molecule has 0 bridgehead atoms. The van der Waals surface area contributed by atoms with E-state index in [1.54, 1.807) is 0 Å². The first-order chi connectivity index (χ1) is 9.99. The summed E-state index contributed by atoms with van der Waals surface area (Å²) in [4.78, 5) is 22.6. The molecule has 21 heavy (non-hydrogen) atoms. The van der Waals surface area contributed by atoms with Gasteiger partial charge in [-0.1, -0.05) is 30.7 Å². The summed E-state index contributed by atoms with van der Waals surface area (Å²) in [5, 5.41) is 6.36. The Bertz CT molecular complexity index is 460. The van der Waals surface area contributed by atoms with Gasteiger partial charge in [-0.15, -0.1) is 0 Å². The molecule has 0 aromatic heterocycles. The Hall–Kier alpha value is -1.55. The Morgan fingerprint density at radius 3 is 2.24 bits per heavy atom. The van der Waals surface area contributed by atoms with Gasteiger partial charge in [0.05, 0.1) is 0 Å². The summed E-state index contributed by atoms with van der Waals surface area (Å²) in [6.07, 6.45) is 2.43. The highest BCUT2D eigenvalue weighted by atomic mass is 35.5. The van der Waals surface area contributed by atoms with Gasteiger partial charge in [-0.25, -0.2) is 0 Å². The highest BCUT2D eigenvalue weighted by Crippen LogP contribution is 2.13. The Kier molecular flexibility index (Phi) is 7.83. The summed E-state index contributed by atoms with van der Waals surface area (Å²) in [5.41, 5.74) is 1.10. The van der Waals surface area contributed by atoms with E-state index in [1.165, 1.54) is 6.92 Å². The second kappa shape index (κ2) is 9.40. The highest BCUT2D eigenvalue weighted by molar-refractivity contribution is 6.30. The van der Waals surface area contributed by atoms with Gasteiger partial charge < -0.3 is 10.6 Å². The summed E-state index contributed by atoms with van der Waals surface area (Å²) < 4.78 is 0. The monoisotopic (exact) mass is 310 g/mol. The number of nitrogens with one attached hydrogen (secondary N) is 2. The summed E-state index contributed by atoms with van der Waals surface area (Å²) in [6, 6.07) is 7.56. The molecule has 2 amide bonds. The molecule has 1 aromatic carbocycles. The first-order valence-electron chi connectivity index (χ1n) is 7.25. The van der Waals surface area contributed by atoms with Gasteiger partial charge >= 0.3 is 0 Å². The lowest BCUT2D eigenvalue weighted by atomic mass is 10.0. The molecule has 2 N–H and O–H groups in total. The molecule has 0 fully saturated rings. The molecule has 0 aliphatic carbocycles. The van der Waals surface area contributed by atoms with Crippen molar-refractivity contribution in [2.45, 2.75) is 33.1 Å². The predicted octanol–water partition coefficient (Wildman–Crippen LogP) is 2.55. The quantitative estimate of drug-likeness (QED) is 0.725. The average molecular weight is 311 g/mol. The van der Waals surface area contributed by atoms with Crippen LogP contribution in [0.5, 0.6) is 0 Å². The minimum atomic E-state index is -0.0680. The van der Waals surface area contributed by atoms with Crippen molar-refractivity contribution in [1.29, 1.82) is 0 Å². The van der Waals surface area contributed by atoms with Crippen LogP contribution in [0.1, 0.15) is 32.3 Å². The molecule has 0 saturated heterocycles. The molecule has 5 heteroatoms. The maximum atomic E-state index is 11.9. The molecule has 116 valence electrons. The minimum absolute atomic E-state index is 0.0179. The van der Waals surface area contributed by atoms with Gasteiger partial charge in [0.25, 0.3) is 0 Å². The molecule has 0 saturated carbocycles. The number of rotatable bonds is 8. The topological polar surface area (TPSA) is 58.2 Å². The van der Waals surface area contributed by atoms with E-state index in [4.69, 9.17) is 11.6 Å². The summed E-state index contributed by atoms with van der Waals surface area (Å²) >= 11 is 5.83. The third kappa shape index (κ3) is 7.71. The van der Waals surface area contributed by atoms with E-state index in [9.17, 15) is 9.59 Å². The largest absolute Gasteiger partial charge is 0.356 e. The van der Waals surface area contributed by atoms with Gasteiger partial charge in [0.1, 0.15) is 0 Å². The fourth-order valence-electron chi connectivity index (χ4n) is 1.97. The molecule has 0 radical (unpaired) electrons. The summed E-state index contributed by atoms with van der Waals surface area (Å²) in [6.45, 7) is 4.72. The van der Waals surface area contributed by atoms with Crippen LogP contribution in [-0.4, -0.2) is 24.9 Å². The fraction of sp³-hybridized carbons (Fsp3) is 0.500. The van der Waals surface area contributed by atoms with Crippen molar-refractivity contribution < 1.29 is 9.59 Å². The summed E-state index contributed by atoms with van der Waals surface area (Å²) in [5.74, 6) is -0.0263. The Labute approximate surface area is 131 Å². The molecule has 0 aliphatic heterocycles. The molecule has 1 unspecified atom stereocenters. The van der Waals surface area contributed by atoms with Crippen molar-refractivity contribution in [3.63, 3.8) is 0 Å². The van der Waals surface area contributed by atoms with E-state index in [-0.39, 0.29) is 17.7 Å². The molecule has 0 aliphatic rings. The van der Waals surface area contributed by atoms with Crippen LogP contribution in [0.2, 0.25) is 5.02 Å². The van der Waals surface area contributed by atoms with Gasteiger partial charge in [0.2, 0.25) is 11.8 Å². The van der Waals surface area contributed by atoms with Gasteiger partial charge in [-0.2, -0.15) is 0 Å². The van der Waals surface area contributed by atoms with Crippen LogP contribution < -0.4 is 10.6 Å². The van der Waals surface area contributed by atoms with Gasteiger partial charge in [0, 0.05) is 31.0 Å². The van der Waals surface area contributed by atoms with E-state index >= 15 is 0 Å². The Morgan fingerprint density at radius 2 is 1.67 bits per heavy atom. The van der Waals surface area contributed by atoms with Crippen molar-refractivity contribution in [1.82, 2.24) is 10.6 Å². The third-order valence-corrected chi connectivity index (χ3v) is 3.43. The molecule has 1 aromatic rings. The predicted molar refractivity (Wildman–Crippen MR) is 85.2 cm³/mol. The van der Waals surface area contributed by atoms with E-state index in [2.05, 4.69) is 10.6 Å². The average Bonchev–Trinajstić information content (AvgIpc) is 2.44. The van der Waals surface area contributed by atoms with E-state index in [0.29, 0.717) is 24.5 Å². The van der Waals surface area contributed by atoms with Crippen LogP contribution in [0.15, 0.2) is 24.3 Å². The lowest BCUT2D eigenvalue weighted by Crippen LogP contribution is -2.31. The maximum Gasteiger partial charge on any atom is 0.223 e. The number of benzene rings is 1. The van der Waals surface area contributed by atoms with Crippen LogP contribution in [0.4, 0.5) is 0 Å². The van der Waals surface area contributed by atoms with Gasteiger partial charge in [0.15, 0.2) is 0 Å². The number of unbranched alkanes of at least 4 members (excludes halogenated alkanes) is 1. The number of amides is 2. The van der Waals surface area contributed by atoms with E-state index in [0.717, 1.165) is 18.4 Å². The van der Waals surface area contributed by atoms with Crippen LogP contribution >= 0.6 is 11.6 Å². The zero-order valence-electron chi connectivity index (χ0n) is 12.6. The third-order valence-electron chi connectivity index (χ3n) is 3.18. The molecule has 1 rings (SSSR count). The first kappa shape index (κ1) is 17.5. The van der Waals surface area contributed by atoms with Gasteiger partial charge in [-0.05, 0) is 37.0 Å². The molecular formula is C16H23ClN2O2. The summed E-state index contributed by atoms with van der Waals surface area (Å²) in [7, 11) is 0. The van der Waals surface area contributed by atoms with Crippen LogP contribution in [0.3, 0.4) is 0 Å². The smallest absolute Gasteiger partial charge is 0.223 e. The first-order valence-corrected chi connectivity index (χ1v) is 7.63. The SMILES string of the molecule is CC(=O)NCCCCNC(=O)C(C)Cc1ccc(Cl)cc1. The van der Waals surface area contributed by atoms with Crippen molar-refractivity contribution in [3.8, 4) is 0 Å². The van der Waals surface area contributed by atoms with E-state index in [1.807, 2.05) is 31.2 Å². The van der Waals surface area contributed by atoms with Crippen molar-refractivity contribution >= 4 is 23.4 Å². The zero-order chi connectivity index (χ0) is 15.7. The number of hydrogen-bond acceptors (Lipinski definition) is 2. The minimum Gasteiger partial charge on any atom is -0.356 e. The van der Waals surface area contributed by atoms with Crippen LogP contribution in [0, 0.1) is 5.92 Å². The van der Waals surface area contributed by atoms with Crippen molar-refractivity contribution in [2.24, 2.45) is 5.92 Å². The number of carbonyl (C=O) groups excluding carboxylic acids is 2. The number of hydrogen-bond donors (Lipinski definition) is 2. The fourth-order valence-corrected chi connectivity index (χ4v) is 2.09. The molecule has 1 atom stereocenters. The normalized spacial score (nSPS) is 11.8. The molecular weight excluding hydrogens is 288 g/mol. The maximum absolute atomic E-state index is 11.9. The van der Waals surface area contributed by atoms with Gasteiger partial charge in [-0.3, -0.25) is 9.59 Å². The van der Waals surface area contributed by atoms with Crippen LogP contribution in [0.25, 0.3) is 0 Å². The molecule has 0 spiro atoms. The zero-order valence-corrected chi connectivity index (χ0v) is 13.4. The number of halogens is 1. The van der Waals surface area contributed by atoms with Crippen LogP contribution in [-0.2, 0) is 16.0 Å². The standard InChI is InChI=1S/C16H23ClN2O2/c1-12(11-14-5-7-15(17)8-6-14)16(21)19-10-4-3-9-18-13(2)20/h5-8,12H,3-4,9-11H2,1-2H3,(H,18,20)(H,19,21). The second-order valence-electron chi connectivity index (χ2n) is 5.21. The lowest BCUT2D eigenvalue weighted by Gasteiger charge is -2.12. The Balaban J connectivity index is 2.19. The molecule has 0 heterocycles. The highest BCUT2D eigenvalue weighted by Gasteiger charge is 2.12. The van der Waals surface area contributed by atoms with Crippen molar-refractivity contribution in [2.75, 3.05) is 13.1 Å². The number of carbonyl (C=O) groups is 2. The molecule has 4 nitrogen and oxygen atoms in total. The Morgan fingerprint density at radius 1 is 1.10 bits per heavy atom. The lowest BCUT2D eigenvalue weighted by molar-refractivity contribution is -0.124. The van der Waals surface area contributed by atoms with Crippen molar-refractivity contribution in [3.05, 3.63) is 34.9 Å². The second-order valence-corrected chi connectivity index (χ2v) is 5.65. The van der Waals surface area contributed by atoms with E-state index < -0.39 is 0 Å².